The third-order valence-electron chi connectivity index (χ3n) is 2.47. The zero-order valence-electron chi connectivity index (χ0n) is 10.0. The minimum atomic E-state index is 0.280. The van der Waals surface area contributed by atoms with E-state index in [9.17, 15) is 0 Å². The summed E-state index contributed by atoms with van der Waals surface area (Å²) in [6.45, 7) is 6.40. The minimum absolute atomic E-state index is 0.280. The van der Waals surface area contributed by atoms with Gasteiger partial charge in [-0.3, -0.25) is 0 Å². The first-order chi connectivity index (χ1) is 7.58. The molecule has 1 unspecified atom stereocenters. The van der Waals surface area contributed by atoms with Crippen molar-refractivity contribution in [2.24, 2.45) is 0 Å². The summed E-state index contributed by atoms with van der Waals surface area (Å²) in [5, 5.41) is 0.821. The standard InChI is InChI=1S/C13H18Br2O/c1-4-5-10(3)16-13-9(2)6-12(15)7-11(13)8-14/h6-7,10H,4-5,8H2,1-3H3. The molecule has 0 aliphatic carbocycles. The monoisotopic (exact) mass is 348 g/mol. The third-order valence-corrected chi connectivity index (χ3v) is 3.54. The number of benzene rings is 1. The average Bonchev–Trinajstić information content (AvgIpc) is 2.22. The molecule has 0 heterocycles. The van der Waals surface area contributed by atoms with Crippen molar-refractivity contribution in [3.63, 3.8) is 0 Å². The molecule has 1 aromatic carbocycles. The second-order valence-corrected chi connectivity index (χ2v) is 5.54. The summed E-state index contributed by atoms with van der Waals surface area (Å²) < 4.78 is 7.12. The molecule has 16 heavy (non-hydrogen) atoms. The van der Waals surface area contributed by atoms with Gasteiger partial charge in [0.25, 0.3) is 0 Å². The first-order valence-corrected chi connectivity index (χ1v) is 7.51. The lowest BCUT2D eigenvalue weighted by Gasteiger charge is -2.18. The summed E-state index contributed by atoms with van der Waals surface area (Å²) in [5.41, 5.74) is 2.39. The number of hydrogen-bond acceptors (Lipinski definition) is 1. The molecule has 0 aliphatic rings. The third kappa shape index (κ3) is 3.77. The molecule has 90 valence electrons. The number of halogens is 2. The summed E-state index contributed by atoms with van der Waals surface area (Å²) in [6, 6.07) is 4.20. The first kappa shape index (κ1) is 14.0. The van der Waals surface area contributed by atoms with E-state index in [0.717, 1.165) is 28.4 Å². The number of rotatable bonds is 5. The Bertz CT molecular complexity index is 350. The van der Waals surface area contributed by atoms with E-state index in [2.05, 4.69) is 64.8 Å². The minimum Gasteiger partial charge on any atom is -0.490 e. The lowest BCUT2D eigenvalue weighted by molar-refractivity contribution is 0.207. The van der Waals surface area contributed by atoms with Gasteiger partial charge in [0.1, 0.15) is 5.75 Å². The molecule has 0 amide bonds. The van der Waals surface area contributed by atoms with Crippen molar-refractivity contribution >= 4 is 31.9 Å². The highest BCUT2D eigenvalue weighted by Gasteiger charge is 2.11. The van der Waals surface area contributed by atoms with Crippen molar-refractivity contribution in [2.45, 2.75) is 45.0 Å². The molecule has 0 bridgehead atoms. The Kier molecular flexibility index (Phi) is 5.84. The summed E-state index contributed by atoms with van der Waals surface area (Å²) in [5.74, 6) is 1.03. The van der Waals surface area contributed by atoms with Crippen LogP contribution in [0.2, 0.25) is 0 Å². The summed E-state index contributed by atoms with van der Waals surface area (Å²) >= 11 is 7.01. The molecule has 1 atom stereocenters. The van der Waals surface area contributed by atoms with Gasteiger partial charge in [-0.05, 0) is 38.0 Å². The topological polar surface area (TPSA) is 9.23 Å². The average molecular weight is 350 g/mol. The van der Waals surface area contributed by atoms with Crippen molar-refractivity contribution in [1.29, 1.82) is 0 Å². The molecule has 0 saturated carbocycles. The van der Waals surface area contributed by atoms with Crippen LogP contribution in [0.5, 0.6) is 5.75 Å². The van der Waals surface area contributed by atoms with E-state index in [4.69, 9.17) is 4.74 Å². The molecule has 3 heteroatoms. The van der Waals surface area contributed by atoms with Gasteiger partial charge < -0.3 is 4.74 Å². The number of hydrogen-bond donors (Lipinski definition) is 0. The maximum Gasteiger partial charge on any atom is 0.126 e. The van der Waals surface area contributed by atoms with Gasteiger partial charge in [0.15, 0.2) is 0 Å². The Labute approximate surface area is 115 Å². The van der Waals surface area contributed by atoms with E-state index >= 15 is 0 Å². The lowest BCUT2D eigenvalue weighted by atomic mass is 10.1. The van der Waals surface area contributed by atoms with Crippen LogP contribution in [0.1, 0.15) is 37.8 Å². The molecule has 0 fully saturated rings. The number of alkyl halides is 1. The Balaban J connectivity index is 2.93. The van der Waals surface area contributed by atoms with Crippen LogP contribution in [0.4, 0.5) is 0 Å². The smallest absolute Gasteiger partial charge is 0.126 e. The Morgan fingerprint density at radius 2 is 2.06 bits per heavy atom. The molecule has 0 aliphatic heterocycles. The lowest BCUT2D eigenvalue weighted by Crippen LogP contribution is -2.13. The van der Waals surface area contributed by atoms with Gasteiger partial charge in [0, 0.05) is 15.4 Å². The summed E-state index contributed by atoms with van der Waals surface area (Å²) in [7, 11) is 0. The molecule has 0 N–H and O–H groups in total. The van der Waals surface area contributed by atoms with Crippen LogP contribution in [0.25, 0.3) is 0 Å². The molecule has 1 nitrogen and oxygen atoms in total. The second kappa shape index (κ2) is 6.65. The molecule has 0 aromatic heterocycles. The predicted molar refractivity (Wildman–Crippen MR) is 76.5 cm³/mol. The van der Waals surface area contributed by atoms with Crippen molar-refractivity contribution in [3.05, 3.63) is 27.7 Å². The number of ether oxygens (including phenoxy) is 1. The van der Waals surface area contributed by atoms with Gasteiger partial charge >= 0.3 is 0 Å². The quantitative estimate of drug-likeness (QED) is 0.662. The molecule has 1 aromatic rings. The Hall–Kier alpha value is -0.0200. The van der Waals surface area contributed by atoms with E-state index in [1.165, 1.54) is 11.1 Å². The molecule has 0 saturated heterocycles. The highest BCUT2D eigenvalue weighted by Crippen LogP contribution is 2.30. The number of aryl methyl sites for hydroxylation is 1. The fourth-order valence-corrected chi connectivity index (χ4v) is 2.77. The fraction of sp³-hybridized carbons (Fsp3) is 0.538. The van der Waals surface area contributed by atoms with E-state index < -0.39 is 0 Å². The Morgan fingerprint density at radius 3 is 2.62 bits per heavy atom. The zero-order valence-corrected chi connectivity index (χ0v) is 13.2. The van der Waals surface area contributed by atoms with Crippen LogP contribution < -0.4 is 4.74 Å². The molecular formula is C13H18Br2O. The van der Waals surface area contributed by atoms with E-state index in [1.807, 2.05) is 0 Å². The van der Waals surface area contributed by atoms with Gasteiger partial charge in [0.2, 0.25) is 0 Å². The van der Waals surface area contributed by atoms with E-state index in [1.54, 1.807) is 0 Å². The predicted octanol–water partition coefficient (Wildman–Crippen LogP) is 5.22. The van der Waals surface area contributed by atoms with Crippen LogP contribution in [-0.4, -0.2) is 6.10 Å². The summed E-state index contributed by atoms with van der Waals surface area (Å²) in [6.07, 6.45) is 2.53. The van der Waals surface area contributed by atoms with Gasteiger partial charge in [-0.2, -0.15) is 0 Å². The van der Waals surface area contributed by atoms with Crippen molar-refractivity contribution in [2.75, 3.05) is 0 Å². The molecule has 0 spiro atoms. The van der Waals surface area contributed by atoms with Crippen LogP contribution in [0.15, 0.2) is 16.6 Å². The maximum absolute atomic E-state index is 6.01. The molecule has 0 radical (unpaired) electrons. The van der Waals surface area contributed by atoms with Crippen LogP contribution in [-0.2, 0) is 5.33 Å². The summed E-state index contributed by atoms with van der Waals surface area (Å²) in [4.78, 5) is 0. The fourth-order valence-electron chi connectivity index (χ4n) is 1.73. The normalized spacial score (nSPS) is 12.6. The van der Waals surface area contributed by atoms with Crippen molar-refractivity contribution < 1.29 is 4.74 Å². The van der Waals surface area contributed by atoms with Crippen LogP contribution in [0.3, 0.4) is 0 Å². The highest BCUT2D eigenvalue weighted by atomic mass is 79.9. The molecular weight excluding hydrogens is 332 g/mol. The van der Waals surface area contributed by atoms with Crippen molar-refractivity contribution in [1.82, 2.24) is 0 Å². The highest BCUT2D eigenvalue weighted by molar-refractivity contribution is 9.10. The maximum atomic E-state index is 6.01. The first-order valence-electron chi connectivity index (χ1n) is 5.60. The largest absolute Gasteiger partial charge is 0.490 e. The second-order valence-electron chi connectivity index (χ2n) is 4.06. The zero-order chi connectivity index (χ0) is 12.1. The van der Waals surface area contributed by atoms with Crippen molar-refractivity contribution in [3.8, 4) is 5.75 Å². The van der Waals surface area contributed by atoms with E-state index in [0.29, 0.717) is 0 Å². The SMILES string of the molecule is CCCC(C)Oc1c(C)cc(Br)cc1CBr. The van der Waals surface area contributed by atoms with Crippen LogP contribution in [0, 0.1) is 6.92 Å². The van der Waals surface area contributed by atoms with Gasteiger partial charge in [-0.15, -0.1) is 0 Å². The van der Waals surface area contributed by atoms with Gasteiger partial charge in [-0.1, -0.05) is 45.2 Å². The Morgan fingerprint density at radius 1 is 1.38 bits per heavy atom. The molecule has 1 rings (SSSR count). The van der Waals surface area contributed by atoms with E-state index in [-0.39, 0.29) is 6.10 Å². The van der Waals surface area contributed by atoms with Gasteiger partial charge in [0.05, 0.1) is 6.10 Å². The van der Waals surface area contributed by atoms with Crippen LogP contribution >= 0.6 is 31.9 Å². The van der Waals surface area contributed by atoms with Gasteiger partial charge in [-0.25, -0.2) is 0 Å².